The molecule has 0 atom stereocenters. The lowest BCUT2D eigenvalue weighted by molar-refractivity contribution is 0.122. The van der Waals surface area contributed by atoms with Gasteiger partial charge in [-0.2, -0.15) is 0 Å². The summed E-state index contributed by atoms with van der Waals surface area (Å²) in [6.45, 7) is 6.85. The van der Waals surface area contributed by atoms with Crippen molar-refractivity contribution in [3.05, 3.63) is 36.4 Å². The first kappa shape index (κ1) is 25.1. The molecule has 0 radical (unpaired) electrons. The maximum absolute atomic E-state index is 13.1. The van der Waals surface area contributed by atoms with Crippen LogP contribution < -0.4 is 23.8 Å². The highest BCUT2D eigenvalue weighted by Gasteiger charge is 2.24. The lowest BCUT2D eigenvalue weighted by Crippen LogP contribution is -2.36. The average Bonchev–Trinajstić information content (AvgIpc) is 2.81. The summed E-state index contributed by atoms with van der Waals surface area (Å²) in [6.07, 6.45) is 0. The van der Waals surface area contributed by atoms with Gasteiger partial charge in [-0.05, 0) is 39.1 Å². The van der Waals surface area contributed by atoms with Crippen LogP contribution in [0.2, 0.25) is 0 Å². The molecular weight excluding hydrogens is 470 g/mol. The van der Waals surface area contributed by atoms with Crippen molar-refractivity contribution in [3.8, 4) is 11.5 Å². The number of ether oxygens (including phenoxy) is 3. The zero-order valence-electron chi connectivity index (χ0n) is 18.8. The standard InChI is InChI=1S/C21H29N3O7S2/c1-4-30-20-15-19(24-9-11-29-12-10-24)21(31-5-2)14-18(20)23-33(27,28)17-8-6-7-16(13-17)32(25,26)22-3/h6-8,13-15,22-23H,4-5,9-12H2,1-3H3. The van der Waals surface area contributed by atoms with Crippen molar-refractivity contribution in [3.63, 3.8) is 0 Å². The van der Waals surface area contributed by atoms with E-state index < -0.39 is 20.0 Å². The van der Waals surface area contributed by atoms with Gasteiger partial charge < -0.3 is 19.1 Å². The molecule has 1 aliphatic heterocycles. The fraction of sp³-hybridized carbons (Fsp3) is 0.429. The molecule has 0 aromatic heterocycles. The molecule has 2 aromatic rings. The second kappa shape index (κ2) is 10.6. The summed E-state index contributed by atoms with van der Waals surface area (Å²) in [5.41, 5.74) is 0.979. The van der Waals surface area contributed by atoms with E-state index in [1.165, 1.54) is 25.2 Å². The van der Waals surface area contributed by atoms with Crippen molar-refractivity contribution in [1.29, 1.82) is 0 Å². The fourth-order valence-corrected chi connectivity index (χ4v) is 5.31. The van der Waals surface area contributed by atoms with Crippen molar-refractivity contribution in [2.45, 2.75) is 23.6 Å². The highest BCUT2D eigenvalue weighted by atomic mass is 32.2. The Kier molecular flexibility index (Phi) is 8.05. The maximum atomic E-state index is 13.1. The first-order chi connectivity index (χ1) is 15.7. The van der Waals surface area contributed by atoms with Gasteiger partial charge in [-0.3, -0.25) is 4.72 Å². The lowest BCUT2D eigenvalue weighted by atomic mass is 10.2. The van der Waals surface area contributed by atoms with E-state index in [9.17, 15) is 16.8 Å². The Balaban J connectivity index is 2.02. The van der Waals surface area contributed by atoms with Crippen molar-refractivity contribution >= 4 is 31.4 Å². The Hall–Kier alpha value is -2.54. The maximum Gasteiger partial charge on any atom is 0.262 e. The number of hydrogen-bond donors (Lipinski definition) is 2. The topological polar surface area (TPSA) is 123 Å². The van der Waals surface area contributed by atoms with Crippen molar-refractivity contribution < 1.29 is 31.0 Å². The minimum Gasteiger partial charge on any atom is -0.492 e. The number of anilines is 2. The first-order valence-corrected chi connectivity index (χ1v) is 13.5. The van der Waals surface area contributed by atoms with E-state index in [1.54, 1.807) is 19.1 Å². The second-order valence-corrected chi connectivity index (χ2v) is 10.6. The van der Waals surface area contributed by atoms with E-state index in [-0.39, 0.29) is 15.5 Å². The third kappa shape index (κ3) is 5.88. The van der Waals surface area contributed by atoms with Gasteiger partial charge in [-0.1, -0.05) is 6.07 Å². The van der Waals surface area contributed by atoms with Crippen LogP contribution in [0, 0.1) is 0 Å². The van der Waals surface area contributed by atoms with Crippen LogP contribution in [0.5, 0.6) is 11.5 Å². The van der Waals surface area contributed by atoms with Gasteiger partial charge in [-0.15, -0.1) is 0 Å². The molecule has 0 aliphatic carbocycles. The summed E-state index contributed by atoms with van der Waals surface area (Å²) in [6, 6.07) is 8.45. The van der Waals surface area contributed by atoms with Crippen molar-refractivity contribution in [2.24, 2.45) is 0 Å². The van der Waals surface area contributed by atoms with Gasteiger partial charge in [0.25, 0.3) is 10.0 Å². The Bertz CT molecular complexity index is 1180. The zero-order valence-corrected chi connectivity index (χ0v) is 20.5. The van der Waals surface area contributed by atoms with Crippen LogP contribution in [0.25, 0.3) is 0 Å². The molecule has 1 saturated heterocycles. The summed E-state index contributed by atoms with van der Waals surface area (Å²) in [5, 5.41) is 0. The fourth-order valence-electron chi connectivity index (χ4n) is 3.36. The molecule has 2 N–H and O–H groups in total. The van der Waals surface area contributed by atoms with E-state index in [4.69, 9.17) is 14.2 Å². The smallest absolute Gasteiger partial charge is 0.262 e. The number of nitrogens with zero attached hydrogens (tertiary/aromatic N) is 1. The summed E-state index contributed by atoms with van der Waals surface area (Å²) in [7, 11) is -6.67. The molecule has 1 heterocycles. The van der Waals surface area contributed by atoms with E-state index in [0.717, 1.165) is 11.8 Å². The molecule has 1 fully saturated rings. The molecule has 0 unspecified atom stereocenters. The van der Waals surface area contributed by atoms with E-state index in [1.807, 2.05) is 6.92 Å². The van der Waals surface area contributed by atoms with Crippen LogP contribution in [-0.4, -0.2) is 63.4 Å². The van der Waals surface area contributed by atoms with Gasteiger partial charge in [-0.25, -0.2) is 21.6 Å². The van der Waals surface area contributed by atoms with Gasteiger partial charge >= 0.3 is 0 Å². The van der Waals surface area contributed by atoms with Gasteiger partial charge in [0.2, 0.25) is 10.0 Å². The quantitative estimate of drug-likeness (QED) is 0.509. The first-order valence-electron chi connectivity index (χ1n) is 10.5. The van der Waals surface area contributed by atoms with E-state index >= 15 is 0 Å². The minimum atomic E-state index is -4.13. The molecule has 0 saturated carbocycles. The van der Waals surface area contributed by atoms with Crippen LogP contribution in [0.4, 0.5) is 11.4 Å². The Morgan fingerprint density at radius 3 is 2.12 bits per heavy atom. The van der Waals surface area contributed by atoms with Crippen molar-refractivity contribution in [1.82, 2.24) is 4.72 Å². The number of morpholine rings is 1. The predicted octanol–water partition coefficient (Wildman–Crippen LogP) is 2.03. The van der Waals surface area contributed by atoms with Crippen LogP contribution in [0.1, 0.15) is 13.8 Å². The number of rotatable bonds is 10. The monoisotopic (exact) mass is 499 g/mol. The molecule has 0 amide bonds. The zero-order chi connectivity index (χ0) is 24.1. The van der Waals surface area contributed by atoms with Crippen molar-refractivity contribution in [2.75, 3.05) is 56.2 Å². The summed E-state index contributed by atoms with van der Waals surface area (Å²) < 4.78 is 72.1. The number of benzene rings is 2. The molecular formula is C21H29N3O7S2. The normalized spacial score (nSPS) is 14.7. The molecule has 0 spiro atoms. The Morgan fingerprint density at radius 1 is 0.909 bits per heavy atom. The summed E-state index contributed by atoms with van der Waals surface area (Å²) in [5.74, 6) is 0.845. The van der Waals surface area contributed by atoms with Crippen LogP contribution in [-0.2, 0) is 24.8 Å². The summed E-state index contributed by atoms with van der Waals surface area (Å²) >= 11 is 0. The van der Waals surface area contributed by atoms with Crippen LogP contribution >= 0.6 is 0 Å². The predicted molar refractivity (Wildman–Crippen MR) is 125 cm³/mol. The van der Waals surface area contributed by atoms with E-state index in [0.29, 0.717) is 51.0 Å². The largest absolute Gasteiger partial charge is 0.492 e. The molecule has 3 rings (SSSR count). The molecule has 10 nitrogen and oxygen atoms in total. The molecule has 182 valence electrons. The van der Waals surface area contributed by atoms with E-state index in [2.05, 4.69) is 14.3 Å². The van der Waals surface area contributed by atoms with Gasteiger partial charge in [0.05, 0.1) is 47.6 Å². The number of sulfonamides is 2. The molecule has 2 aromatic carbocycles. The molecule has 0 bridgehead atoms. The Morgan fingerprint density at radius 2 is 1.52 bits per heavy atom. The second-order valence-electron chi connectivity index (χ2n) is 7.07. The van der Waals surface area contributed by atoms with Gasteiger partial charge in [0.1, 0.15) is 11.5 Å². The average molecular weight is 500 g/mol. The Labute approximate surface area is 194 Å². The SMILES string of the molecule is CCOc1cc(N2CCOCC2)c(OCC)cc1NS(=O)(=O)c1cccc(S(=O)(=O)NC)c1. The minimum absolute atomic E-state index is 0.157. The van der Waals surface area contributed by atoms with Gasteiger partial charge in [0, 0.05) is 25.2 Å². The molecule has 1 aliphatic rings. The highest BCUT2D eigenvalue weighted by molar-refractivity contribution is 7.93. The molecule has 33 heavy (non-hydrogen) atoms. The van der Waals surface area contributed by atoms with Crippen LogP contribution in [0.3, 0.4) is 0 Å². The lowest BCUT2D eigenvalue weighted by Gasteiger charge is -2.31. The number of nitrogens with one attached hydrogen (secondary N) is 2. The third-order valence-corrected chi connectivity index (χ3v) is 7.73. The number of hydrogen-bond acceptors (Lipinski definition) is 8. The highest BCUT2D eigenvalue weighted by Crippen LogP contribution is 2.40. The van der Waals surface area contributed by atoms with Gasteiger partial charge in [0.15, 0.2) is 0 Å². The summed E-state index contributed by atoms with van der Waals surface area (Å²) in [4.78, 5) is 1.74. The molecule has 12 heteroatoms. The third-order valence-electron chi connectivity index (χ3n) is 4.95. The van der Waals surface area contributed by atoms with Crippen LogP contribution in [0.15, 0.2) is 46.2 Å².